The van der Waals surface area contributed by atoms with Gasteiger partial charge in [-0.15, -0.1) is 0 Å². The summed E-state index contributed by atoms with van der Waals surface area (Å²) in [5, 5.41) is 6.84. The van der Waals surface area contributed by atoms with Crippen LogP contribution in [0.1, 0.15) is 23.2 Å². The molecule has 2 heterocycles. The van der Waals surface area contributed by atoms with Crippen LogP contribution in [-0.2, 0) is 4.74 Å². The number of hydrogen-bond donors (Lipinski definition) is 1. The van der Waals surface area contributed by atoms with E-state index in [1.54, 1.807) is 11.3 Å². The predicted molar refractivity (Wildman–Crippen MR) is 73.0 cm³/mol. The molecule has 0 aromatic carbocycles. The van der Waals surface area contributed by atoms with Crippen molar-refractivity contribution in [2.24, 2.45) is 0 Å². The second-order valence-electron chi connectivity index (χ2n) is 4.19. The summed E-state index contributed by atoms with van der Waals surface area (Å²) in [6.45, 7) is 2.33. The third kappa shape index (κ3) is 3.24. The van der Waals surface area contributed by atoms with E-state index in [1.807, 2.05) is 28.6 Å². The number of hydrogen-bond acceptors (Lipinski definition) is 4. The lowest BCUT2D eigenvalue weighted by Gasteiger charge is -2.35. The lowest BCUT2D eigenvalue weighted by atomic mass is 9.99. The number of ether oxygens (including phenoxy) is 1. The van der Waals surface area contributed by atoms with Gasteiger partial charge in [-0.05, 0) is 30.5 Å². The molecule has 1 saturated heterocycles. The minimum atomic E-state index is 0.0335. The molecule has 0 atom stereocenters. The fraction of sp³-hybridized carbons (Fsp3) is 0.583. The van der Waals surface area contributed by atoms with Crippen molar-refractivity contribution in [3.8, 4) is 0 Å². The predicted octanol–water partition coefficient (Wildman–Crippen LogP) is 2.39. The zero-order chi connectivity index (χ0) is 12.1. The number of thioether (sulfide) groups is 1. The fourth-order valence-corrected chi connectivity index (χ4v) is 3.36. The molecule has 0 saturated carbocycles. The summed E-state index contributed by atoms with van der Waals surface area (Å²) in [6.07, 6.45) is 4.14. The Morgan fingerprint density at radius 2 is 2.35 bits per heavy atom. The molecule has 3 nitrogen and oxygen atoms in total. The van der Waals surface area contributed by atoms with E-state index < -0.39 is 0 Å². The van der Waals surface area contributed by atoms with Gasteiger partial charge in [0, 0.05) is 35.4 Å². The summed E-state index contributed by atoms with van der Waals surface area (Å²) in [5.74, 6) is 0.0335. The number of carbonyl (C=O) groups excluding carboxylic acids is 1. The first kappa shape index (κ1) is 12.9. The van der Waals surface area contributed by atoms with Crippen molar-refractivity contribution in [3.05, 3.63) is 22.4 Å². The van der Waals surface area contributed by atoms with E-state index in [9.17, 15) is 4.79 Å². The first-order valence-electron chi connectivity index (χ1n) is 5.69. The standard InChI is InChI=1S/C12H17NO2S2/c1-16-12(3-5-15-6-4-12)9-13-11(14)10-2-7-17-8-10/h2,7-8H,3-6,9H2,1H3,(H,13,14). The maximum atomic E-state index is 11.9. The second-order valence-corrected chi connectivity index (χ2v) is 6.25. The van der Waals surface area contributed by atoms with Gasteiger partial charge in [0.2, 0.25) is 0 Å². The Kier molecular flexibility index (Phi) is 4.48. The molecule has 2 rings (SSSR count). The molecule has 17 heavy (non-hydrogen) atoms. The minimum absolute atomic E-state index is 0.0335. The van der Waals surface area contributed by atoms with Crippen LogP contribution in [0.25, 0.3) is 0 Å². The van der Waals surface area contributed by atoms with Gasteiger partial charge in [0.05, 0.1) is 0 Å². The van der Waals surface area contributed by atoms with Gasteiger partial charge >= 0.3 is 0 Å². The Hall–Kier alpha value is -0.520. The van der Waals surface area contributed by atoms with Crippen LogP contribution in [0.2, 0.25) is 0 Å². The van der Waals surface area contributed by atoms with E-state index >= 15 is 0 Å². The topological polar surface area (TPSA) is 38.3 Å². The third-order valence-electron chi connectivity index (χ3n) is 3.19. The average Bonchev–Trinajstić information content (AvgIpc) is 2.91. The van der Waals surface area contributed by atoms with E-state index in [-0.39, 0.29) is 10.7 Å². The van der Waals surface area contributed by atoms with Crippen LogP contribution in [0, 0.1) is 0 Å². The average molecular weight is 271 g/mol. The first-order chi connectivity index (χ1) is 8.26. The van der Waals surface area contributed by atoms with E-state index in [0.717, 1.165) is 38.2 Å². The highest BCUT2D eigenvalue weighted by Gasteiger charge is 2.32. The Bertz CT molecular complexity index is 359. The maximum absolute atomic E-state index is 11.9. The van der Waals surface area contributed by atoms with Crippen LogP contribution in [0.4, 0.5) is 0 Å². The van der Waals surface area contributed by atoms with Gasteiger partial charge in [-0.3, -0.25) is 4.79 Å². The van der Waals surface area contributed by atoms with Crippen molar-refractivity contribution in [1.29, 1.82) is 0 Å². The molecule has 1 fully saturated rings. The molecule has 1 aliphatic rings. The van der Waals surface area contributed by atoms with Crippen molar-refractivity contribution in [2.75, 3.05) is 26.0 Å². The van der Waals surface area contributed by atoms with Gasteiger partial charge in [-0.1, -0.05) is 0 Å². The fourth-order valence-electron chi connectivity index (χ4n) is 1.93. The second kappa shape index (κ2) is 5.89. The summed E-state index contributed by atoms with van der Waals surface area (Å²) in [7, 11) is 0. The molecular formula is C12H17NO2S2. The Labute approximate surface area is 110 Å². The van der Waals surface area contributed by atoms with Gasteiger partial charge in [0.1, 0.15) is 0 Å². The maximum Gasteiger partial charge on any atom is 0.252 e. The zero-order valence-electron chi connectivity index (χ0n) is 9.90. The molecule has 0 radical (unpaired) electrons. The van der Waals surface area contributed by atoms with Crippen LogP contribution in [0.3, 0.4) is 0 Å². The quantitative estimate of drug-likeness (QED) is 0.914. The summed E-state index contributed by atoms with van der Waals surface area (Å²) < 4.78 is 5.54. The molecule has 94 valence electrons. The molecule has 0 unspecified atom stereocenters. The van der Waals surface area contributed by atoms with Crippen molar-refractivity contribution < 1.29 is 9.53 Å². The SMILES string of the molecule is CSC1(CNC(=O)c2ccsc2)CCOCC1. The molecule has 0 aliphatic carbocycles. The van der Waals surface area contributed by atoms with Gasteiger partial charge in [-0.2, -0.15) is 23.1 Å². The van der Waals surface area contributed by atoms with Crippen molar-refractivity contribution in [2.45, 2.75) is 17.6 Å². The van der Waals surface area contributed by atoms with Gasteiger partial charge in [-0.25, -0.2) is 0 Å². The van der Waals surface area contributed by atoms with Gasteiger partial charge in [0.25, 0.3) is 5.91 Å². The lowest BCUT2D eigenvalue weighted by Crippen LogP contribution is -2.44. The molecule has 1 aromatic heterocycles. The highest BCUT2D eigenvalue weighted by Crippen LogP contribution is 2.33. The summed E-state index contributed by atoms with van der Waals surface area (Å²) in [6, 6.07) is 1.86. The summed E-state index contributed by atoms with van der Waals surface area (Å²) in [5.41, 5.74) is 0.762. The summed E-state index contributed by atoms with van der Waals surface area (Å²) in [4.78, 5) is 11.9. The molecular weight excluding hydrogens is 254 g/mol. The molecule has 1 amide bonds. The largest absolute Gasteiger partial charge is 0.381 e. The van der Waals surface area contributed by atoms with E-state index in [0.29, 0.717) is 0 Å². The van der Waals surface area contributed by atoms with Crippen molar-refractivity contribution >= 4 is 29.0 Å². The van der Waals surface area contributed by atoms with Crippen LogP contribution in [0.15, 0.2) is 16.8 Å². The molecule has 1 aliphatic heterocycles. The Balaban J connectivity index is 1.89. The van der Waals surface area contributed by atoms with E-state index in [1.165, 1.54) is 0 Å². The van der Waals surface area contributed by atoms with Gasteiger partial charge < -0.3 is 10.1 Å². The number of thiophene rings is 1. The number of nitrogens with one attached hydrogen (secondary N) is 1. The molecule has 5 heteroatoms. The molecule has 0 bridgehead atoms. The molecule has 1 N–H and O–H groups in total. The monoisotopic (exact) mass is 271 g/mol. The highest BCUT2D eigenvalue weighted by atomic mass is 32.2. The van der Waals surface area contributed by atoms with Crippen LogP contribution < -0.4 is 5.32 Å². The lowest BCUT2D eigenvalue weighted by molar-refractivity contribution is 0.0742. The molecule has 1 aromatic rings. The summed E-state index contributed by atoms with van der Waals surface area (Å²) >= 11 is 3.39. The van der Waals surface area contributed by atoms with Crippen LogP contribution in [-0.4, -0.2) is 36.7 Å². The van der Waals surface area contributed by atoms with E-state index in [4.69, 9.17) is 4.74 Å². The molecule has 0 spiro atoms. The van der Waals surface area contributed by atoms with E-state index in [2.05, 4.69) is 11.6 Å². The highest BCUT2D eigenvalue weighted by molar-refractivity contribution is 8.00. The first-order valence-corrected chi connectivity index (χ1v) is 7.86. The number of carbonyl (C=O) groups is 1. The normalized spacial score (nSPS) is 18.9. The number of amides is 1. The zero-order valence-corrected chi connectivity index (χ0v) is 11.5. The Morgan fingerprint density at radius 3 is 2.94 bits per heavy atom. The Morgan fingerprint density at radius 1 is 1.59 bits per heavy atom. The smallest absolute Gasteiger partial charge is 0.252 e. The van der Waals surface area contributed by atoms with Crippen LogP contribution in [0.5, 0.6) is 0 Å². The number of rotatable bonds is 4. The minimum Gasteiger partial charge on any atom is -0.381 e. The van der Waals surface area contributed by atoms with Crippen molar-refractivity contribution in [3.63, 3.8) is 0 Å². The third-order valence-corrected chi connectivity index (χ3v) is 5.29. The van der Waals surface area contributed by atoms with Gasteiger partial charge in [0.15, 0.2) is 0 Å². The van der Waals surface area contributed by atoms with Crippen molar-refractivity contribution in [1.82, 2.24) is 5.32 Å². The van der Waals surface area contributed by atoms with Crippen LogP contribution >= 0.6 is 23.1 Å².